The monoisotopic (exact) mass is 235 g/mol. The van der Waals surface area contributed by atoms with Gasteiger partial charge in [0, 0.05) is 6.42 Å². The van der Waals surface area contributed by atoms with E-state index >= 15 is 0 Å². The summed E-state index contributed by atoms with van der Waals surface area (Å²) in [6, 6.07) is 6.42. The summed E-state index contributed by atoms with van der Waals surface area (Å²) in [6.45, 7) is 0.897. The molecular formula is C14H18FNO. The van der Waals surface area contributed by atoms with Gasteiger partial charge < -0.3 is 5.32 Å². The number of rotatable bonds is 3. The van der Waals surface area contributed by atoms with Gasteiger partial charge in [0.2, 0.25) is 0 Å². The lowest BCUT2D eigenvalue weighted by Crippen LogP contribution is -2.37. The smallest absolute Gasteiger partial charge is 0.154 e. The van der Waals surface area contributed by atoms with E-state index in [1.54, 1.807) is 18.2 Å². The molecule has 1 heterocycles. The van der Waals surface area contributed by atoms with Crippen LogP contribution in [0, 0.1) is 5.82 Å². The van der Waals surface area contributed by atoms with Crippen LogP contribution < -0.4 is 5.32 Å². The lowest BCUT2D eigenvalue weighted by atomic mass is 10.00. The summed E-state index contributed by atoms with van der Waals surface area (Å²) in [4.78, 5) is 12.0. The lowest BCUT2D eigenvalue weighted by Gasteiger charge is -2.14. The van der Waals surface area contributed by atoms with E-state index in [0.717, 1.165) is 25.8 Å². The third-order valence-electron chi connectivity index (χ3n) is 3.27. The van der Waals surface area contributed by atoms with Crippen molar-refractivity contribution >= 4 is 5.78 Å². The number of Topliss-reactive ketones (excluding diaryl/α,β-unsaturated/α-hetero) is 1. The highest BCUT2D eigenvalue weighted by atomic mass is 19.1. The molecule has 1 saturated heterocycles. The zero-order valence-corrected chi connectivity index (χ0v) is 9.92. The topological polar surface area (TPSA) is 29.1 Å². The molecule has 17 heavy (non-hydrogen) atoms. The number of ketones is 1. The predicted molar refractivity (Wildman–Crippen MR) is 65.4 cm³/mol. The molecule has 0 aromatic heterocycles. The SMILES string of the molecule is O=C(Cc1ccccc1F)C1CCCCCN1. The van der Waals surface area contributed by atoms with Crippen LogP contribution >= 0.6 is 0 Å². The molecule has 1 aliphatic rings. The molecule has 0 aliphatic carbocycles. The van der Waals surface area contributed by atoms with Gasteiger partial charge in [-0.05, 0) is 31.0 Å². The van der Waals surface area contributed by atoms with E-state index in [-0.39, 0.29) is 24.1 Å². The average Bonchev–Trinajstić information content (AvgIpc) is 2.61. The molecule has 0 radical (unpaired) electrons. The van der Waals surface area contributed by atoms with Crippen LogP contribution in [-0.4, -0.2) is 18.4 Å². The molecule has 1 N–H and O–H groups in total. The quantitative estimate of drug-likeness (QED) is 0.872. The van der Waals surface area contributed by atoms with E-state index in [0.29, 0.717) is 5.56 Å². The van der Waals surface area contributed by atoms with Crippen LogP contribution in [0.2, 0.25) is 0 Å². The van der Waals surface area contributed by atoms with E-state index in [1.165, 1.54) is 12.5 Å². The zero-order valence-electron chi connectivity index (χ0n) is 9.92. The van der Waals surface area contributed by atoms with Crippen LogP contribution in [0.1, 0.15) is 31.2 Å². The first-order chi connectivity index (χ1) is 8.27. The molecule has 1 aliphatic heterocycles. The van der Waals surface area contributed by atoms with Crippen LogP contribution in [0.4, 0.5) is 4.39 Å². The van der Waals surface area contributed by atoms with Crippen molar-refractivity contribution in [3.05, 3.63) is 35.6 Å². The summed E-state index contributed by atoms with van der Waals surface area (Å²) in [5.74, 6) is -0.175. The Morgan fingerprint density at radius 3 is 2.94 bits per heavy atom. The summed E-state index contributed by atoms with van der Waals surface area (Å²) in [5, 5.41) is 3.25. The molecule has 0 bridgehead atoms. The van der Waals surface area contributed by atoms with Gasteiger partial charge in [-0.2, -0.15) is 0 Å². The Morgan fingerprint density at radius 2 is 2.12 bits per heavy atom. The average molecular weight is 235 g/mol. The molecule has 3 heteroatoms. The maximum Gasteiger partial charge on any atom is 0.154 e. The summed E-state index contributed by atoms with van der Waals surface area (Å²) < 4.78 is 13.4. The van der Waals surface area contributed by atoms with Crippen LogP contribution in [0.15, 0.2) is 24.3 Å². The molecule has 1 atom stereocenters. The van der Waals surface area contributed by atoms with Gasteiger partial charge in [-0.15, -0.1) is 0 Å². The zero-order chi connectivity index (χ0) is 12.1. The van der Waals surface area contributed by atoms with Crippen molar-refractivity contribution in [3.8, 4) is 0 Å². The van der Waals surface area contributed by atoms with E-state index in [2.05, 4.69) is 5.32 Å². The fraction of sp³-hybridized carbons (Fsp3) is 0.500. The molecule has 0 saturated carbocycles. The van der Waals surface area contributed by atoms with Crippen molar-refractivity contribution in [1.29, 1.82) is 0 Å². The van der Waals surface area contributed by atoms with Crippen LogP contribution in [0.5, 0.6) is 0 Å². The van der Waals surface area contributed by atoms with Gasteiger partial charge in [-0.3, -0.25) is 4.79 Å². The second-order valence-electron chi connectivity index (χ2n) is 4.59. The predicted octanol–water partition coefficient (Wildman–Crippen LogP) is 2.47. The van der Waals surface area contributed by atoms with Gasteiger partial charge >= 0.3 is 0 Å². The Kier molecular flexibility index (Phi) is 4.26. The maximum absolute atomic E-state index is 13.4. The van der Waals surface area contributed by atoms with Gasteiger partial charge in [-0.1, -0.05) is 31.0 Å². The first-order valence-corrected chi connectivity index (χ1v) is 6.27. The molecule has 0 amide bonds. The van der Waals surface area contributed by atoms with Crippen molar-refractivity contribution in [2.75, 3.05) is 6.54 Å². The number of nitrogens with one attached hydrogen (secondary N) is 1. The third-order valence-corrected chi connectivity index (χ3v) is 3.27. The fourth-order valence-corrected chi connectivity index (χ4v) is 2.26. The van der Waals surface area contributed by atoms with Crippen molar-refractivity contribution in [2.24, 2.45) is 0 Å². The van der Waals surface area contributed by atoms with Crippen molar-refractivity contribution < 1.29 is 9.18 Å². The molecular weight excluding hydrogens is 217 g/mol. The number of hydrogen-bond donors (Lipinski definition) is 1. The van der Waals surface area contributed by atoms with Gasteiger partial charge in [0.25, 0.3) is 0 Å². The minimum atomic E-state index is -0.283. The van der Waals surface area contributed by atoms with Gasteiger partial charge in [0.05, 0.1) is 6.04 Å². The van der Waals surface area contributed by atoms with Crippen LogP contribution in [0.25, 0.3) is 0 Å². The first-order valence-electron chi connectivity index (χ1n) is 6.27. The minimum absolute atomic E-state index is 0.0860. The number of halogens is 1. The Labute approximate surface area is 101 Å². The molecule has 2 nitrogen and oxygen atoms in total. The minimum Gasteiger partial charge on any atom is -0.307 e. The van der Waals surface area contributed by atoms with Crippen molar-refractivity contribution in [3.63, 3.8) is 0 Å². The highest BCUT2D eigenvalue weighted by Gasteiger charge is 2.20. The Hall–Kier alpha value is -1.22. The maximum atomic E-state index is 13.4. The number of carbonyl (C=O) groups is 1. The lowest BCUT2D eigenvalue weighted by molar-refractivity contribution is -0.120. The molecule has 1 fully saturated rings. The van der Waals surface area contributed by atoms with Crippen LogP contribution in [-0.2, 0) is 11.2 Å². The second-order valence-corrected chi connectivity index (χ2v) is 4.59. The summed E-state index contributed by atoms with van der Waals surface area (Å²) in [6.07, 6.45) is 4.47. The molecule has 1 unspecified atom stereocenters. The molecule has 2 rings (SSSR count). The largest absolute Gasteiger partial charge is 0.307 e. The highest BCUT2D eigenvalue weighted by Crippen LogP contribution is 2.13. The fourth-order valence-electron chi connectivity index (χ4n) is 2.26. The van der Waals surface area contributed by atoms with E-state index < -0.39 is 0 Å². The van der Waals surface area contributed by atoms with Gasteiger partial charge in [0.1, 0.15) is 5.82 Å². The molecule has 92 valence electrons. The number of benzene rings is 1. The Bertz CT molecular complexity index is 384. The second kappa shape index (κ2) is 5.92. The normalized spacial score (nSPS) is 20.9. The molecule has 1 aromatic rings. The van der Waals surface area contributed by atoms with E-state index in [4.69, 9.17) is 0 Å². The van der Waals surface area contributed by atoms with Crippen molar-refractivity contribution in [1.82, 2.24) is 5.32 Å². The summed E-state index contributed by atoms with van der Waals surface area (Å²) in [7, 11) is 0. The number of hydrogen-bond acceptors (Lipinski definition) is 2. The molecule has 1 aromatic carbocycles. The highest BCUT2D eigenvalue weighted by molar-refractivity contribution is 5.86. The Morgan fingerprint density at radius 1 is 1.29 bits per heavy atom. The van der Waals surface area contributed by atoms with Crippen molar-refractivity contribution in [2.45, 2.75) is 38.1 Å². The molecule has 0 spiro atoms. The van der Waals surface area contributed by atoms with Gasteiger partial charge in [0.15, 0.2) is 5.78 Å². The summed E-state index contributed by atoms with van der Waals surface area (Å²) >= 11 is 0. The summed E-state index contributed by atoms with van der Waals surface area (Å²) in [5.41, 5.74) is 0.503. The van der Waals surface area contributed by atoms with E-state index in [1.807, 2.05) is 0 Å². The standard InChI is InChI=1S/C14H18FNO/c15-12-7-4-3-6-11(12)10-14(17)13-8-2-1-5-9-16-13/h3-4,6-7,13,16H,1-2,5,8-10H2. The first kappa shape index (κ1) is 12.2. The number of carbonyl (C=O) groups excluding carboxylic acids is 1. The van der Waals surface area contributed by atoms with Gasteiger partial charge in [-0.25, -0.2) is 4.39 Å². The van der Waals surface area contributed by atoms with Crippen LogP contribution in [0.3, 0.4) is 0 Å². The van der Waals surface area contributed by atoms with E-state index in [9.17, 15) is 9.18 Å². The Balaban J connectivity index is 1.98. The third kappa shape index (κ3) is 3.37.